The molecule has 11 heteroatoms. The first-order valence-electron chi connectivity index (χ1n) is 7.01. The predicted molar refractivity (Wildman–Crippen MR) is 86.4 cm³/mol. The van der Waals surface area contributed by atoms with Crippen molar-refractivity contribution in [1.29, 1.82) is 0 Å². The zero-order valence-corrected chi connectivity index (χ0v) is 14.6. The van der Waals surface area contributed by atoms with E-state index in [1.807, 2.05) is 0 Å². The number of alkyl carbamates (subject to hydrolysis) is 1. The summed E-state index contributed by atoms with van der Waals surface area (Å²) in [7, 11) is 2.38. The SMILES string of the molecule is COC(=O)NCCSC[C@H](NC(C)=O)C(=O)N[C@@H](CO)C(=O)OC. The van der Waals surface area contributed by atoms with Gasteiger partial charge in [0, 0.05) is 25.0 Å². The van der Waals surface area contributed by atoms with Crippen molar-refractivity contribution in [2.24, 2.45) is 0 Å². The first-order valence-corrected chi connectivity index (χ1v) is 8.16. The molecular weight excluding hydrogens is 342 g/mol. The summed E-state index contributed by atoms with van der Waals surface area (Å²) in [5.74, 6) is -1.13. The number of rotatable bonds is 10. The quantitative estimate of drug-likeness (QED) is 0.263. The number of hydrogen-bond donors (Lipinski definition) is 4. The van der Waals surface area contributed by atoms with E-state index in [1.54, 1.807) is 0 Å². The van der Waals surface area contributed by atoms with Gasteiger partial charge in [0.2, 0.25) is 11.8 Å². The van der Waals surface area contributed by atoms with Gasteiger partial charge in [0.25, 0.3) is 0 Å². The minimum absolute atomic E-state index is 0.216. The number of thioether (sulfide) groups is 1. The van der Waals surface area contributed by atoms with Crippen LogP contribution in [0.15, 0.2) is 0 Å². The first kappa shape index (κ1) is 22.0. The fourth-order valence-electron chi connectivity index (χ4n) is 1.52. The molecule has 0 aromatic carbocycles. The normalized spacial score (nSPS) is 12.5. The van der Waals surface area contributed by atoms with E-state index in [-0.39, 0.29) is 5.75 Å². The van der Waals surface area contributed by atoms with Crippen LogP contribution < -0.4 is 16.0 Å². The van der Waals surface area contributed by atoms with Gasteiger partial charge in [-0.15, -0.1) is 0 Å². The van der Waals surface area contributed by atoms with Crippen molar-refractivity contribution in [3.63, 3.8) is 0 Å². The maximum absolute atomic E-state index is 12.1. The fraction of sp³-hybridized carbons (Fsp3) is 0.692. The minimum atomic E-state index is -1.20. The topological polar surface area (TPSA) is 143 Å². The van der Waals surface area contributed by atoms with Crippen LogP contribution in [0.2, 0.25) is 0 Å². The number of esters is 1. The fourth-order valence-corrected chi connectivity index (χ4v) is 2.40. The van der Waals surface area contributed by atoms with Crippen LogP contribution in [0.5, 0.6) is 0 Å². The van der Waals surface area contributed by atoms with Crippen LogP contribution >= 0.6 is 11.8 Å². The van der Waals surface area contributed by atoms with Crippen molar-refractivity contribution in [3.05, 3.63) is 0 Å². The van der Waals surface area contributed by atoms with Gasteiger partial charge in [0.05, 0.1) is 20.8 Å². The predicted octanol–water partition coefficient (Wildman–Crippen LogP) is -1.77. The molecule has 0 fully saturated rings. The van der Waals surface area contributed by atoms with E-state index >= 15 is 0 Å². The molecular formula is C13H23N3O7S. The second-order valence-electron chi connectivity index (χ2n) is 4.51. The molecule has 0 unspecified atom stereocenters. The number of nitrogens with one attached hydrogen (secondary N) is 3. The third-order valence-electron chi connectivity index (χ3n) is 2.66. The third-order valence-corrected chi connectivity index (χ3v) is 3.73. The van der Waals surface area contributed by atoms with Gasteiger partial charge in [0.1, 0.15) is 6.04 Å². The highest BCUT2D eigenvalue weighted by molar-refractivity contribution is 7.99. The molecule has 0 rings (SSSR count). The summed E-state index contributed by atoms with van der Waals surface area (Å²) in [5, 5.41) is 16.3. The van der Waals surface area contributed by atoms with Crippen molar-refractivity contribution in [2.75, 3.05) is 38.9 Å². The molecule has 0 aliphatic heterocycles. The molecule has 0 aromatic heterocycles. The second-order valence-corrected chi connectivity index (χ2v) is 5.66. The lowest BCUT2D eigenvalue weighted by Gasteiger charge is -2.20. The van der Waals surface area contributed by atoms with Crippen LogP contribution in [0.4, 0.5) is 4.79 Å². The van der Waals surface area contributed by atoms with E-state index in [1.165, 1.54) is 25.8 Å². The minimum Gasteiger partial charge on any atom is -0.467 e. The van der Waals surface area contributed by atoms with Crippen molar-refractivity contribution < 1.29 is 33.8 Å². The highest BCUT2D eigenvalue weighted by Gasteiger charge is 2.26. The van der Waals surface area contributed by atoms with E-state index < -0.39 is 42.6 Å². The third kappa shape index (κ3) is 9.20. The second kappa shape index (κ2) is 12.4. The molecule has 0 aliphatic rings. The lowest BCUT2D eigenvalue weighted by Crippen LogP contribution is -2.53. The van der Waals surface area contributed by atoms with Gasteiger partial charge >= 0.3 is 12.1 Å². The molecule has 4 N–H and O–H groups in total. The number of hydrogen-bond acceptors (Lipinski definition) is 8. The number of methoxy groups -OCH3 is 2. The van der Waals surface area contributed by atoms with Crippen molar-refractivity contribution in [1.82, 2.24) is 16.0 Å². The molecule has 10 nitrogen and oxygen atoms in total. The van der Waals surface area contributed by atoms with Gasteiger partial charge < -0.3 is 30.5 Å². The maximum Gasteiger partial charge on any atom is 0.406 e. The number of carbonyl (C=O) groups is 4. The van der Waals surface area contributed by atoms with Crippen LogP contribution in [0, 0.1) is 0 Å². The van der Waals surface area contributed by atoms with Crippen LogP contribution in [0.3, 0.4) is 0 Å². The molecule has 24 heavy (non-hydrogen) atoms. The van der Waals surface area contributed by atoms with E-state index in [2.05, 4.69) is 25.4 Å². The molecule has 138 valence electrons. The Labute approximate surface area is 144 Å². The number of ether oxygens (including phenoxy) is 2. The molecule has 3 amide bonds. The highest BCUT2D eigenvalue weighted by atomic mass is 32.2. The molecule has 0 aliphatic carbocycles. The van der Waals surface area contributed by atoms with Crippen molar-refractivity contribution in [2.45, 2.75) is 19.0 Å². The van der Waals surface area contributed by atoms with Crippen LogP contribution in [0.25, 0.3) is 0 Å². The summed E-state index contributed by atoms with van der Waals surface area (Å²) < 4.78 is 8.86. The lowest BCUT2D eigenvalue weighted by atomic mass is 10.2. The Morgan fingerprint density at radius 2 is 1.75 bits per heavy atom. The van der Waals surface area contributed by atoms with Crippen LogP contribution in [0.1, 0.15) is 6.92 Å². The van der Waals surface area contributed by atoms with Gasteiger partial charge in [-0.25, -0.2) is 9.59 Å². The molecule has 0 saturated heterocycles. The van der Waals surface area contributed by atoms with E-state index in [4.69, 9.17) is 5.11 Å². The van der Waals surface area contributed by atoms with E-state index in [0.717, 1.165) is 7.11 Å². The Balaban J connectivity index is 4.47. The van der Waals surface area contributed by atoms with Crippen LogP contribution in [-0.4, -0.2) is 79.9 Å². The zero-order chi connectivity index (χ0) is 18.5. The first-order chi connectivity index (χ1) is 11.3. The monoisotopic (exact) mass is 365 g/mol. The lowest BCUT2D eigenvalue weighted by molar-refractivity contribution is -0.146. The van der Waals surface area contributed by atoms with Gasteiger partial charge in [-0.05, 0) is 0 Å². The molecule has 0 spiro atoms. The molecule has 0 heterocycles. The van der Waals surface area contributed by atoms with Gasteiger partial charge in [-0.2, -0.15) is 11.8 Å². The number of aliphatic hydroxyl groups is 1. The Morgan fingerprint density at radius 1 is 1.08 bits per heavy atom. The smallest absolute Gasteiger partial charge is 0.406 e. The average molecular weight is 365 g/mol. The largest absolute Gasteiger partial charge is 0.467 e. The Bertz CT molecular complexity index is 447. The molecule has 0 bridgehead atoms. The Morgan fingerprint density at radius 3 is 2.25 bits per heavy atom. The van der Waals surface area contributed by atoms with Gasteiger partial charge in [0.15, 0.2) is 6.04 Å². The number of amides is 3. The summed E-state index contributed by atoms with van der Waals surface area (Å²) in [6.07, 6.45) is -0.560. The van der Waals surface area contributed by atoms with Crippen molar-refractivity contribution in [3.8, 4) is 0 Å². The molecule has 0 radical (unpaired) electrons. The standard InChI is InChI=1S/C13H23N3O7S/c1-8(18)15-10(7-24-5-4-14-13(21)23-3)11(19)16-9(6-17)12(20)22-2/h9-10,17H,4-7H2,1-3H3,(H,14,21)(H,15,18)(H,16,19)/t9-,10-/m0/s1. The Kier molecular flexibility index (Phi) is 11.4. The highest BCUT2D eigenvalue weighted by Crippen LogP contribution is 2.03. The van der Waals surface area contributed by atoms with E-state index in [9.17, 15) is 19.2 Å². The summed E-state index contributed by atoms with van der Waals surface area (Å²) in [5.41, 5.74) is 0. The average Bonchev–Trinajstić information content (AvgIpc) is 2.56. The Hall–Kier alpha value is -2.01. The number of aliphatic hydroxyl groups excluding tert-OH is 1. The number of carbonyl (C=O) groups excluding carboxylic acids is 4. The summed E-state index contributed by atoms with van der Waals surface area (Å²) >= 11 is 1.31. The summed E-state index contributed by atoms with van der Waals surface area (Å²) in [6, 6.07) is -2.10. The molecule has 0 saturated carbocycles. The maximum atomic E-state index is 12.1. The van der Waals surface area contributed by atoms with E-state index in [0.29, 0.717) is 12.3 Å². The van der Waals surface area contributed by atoms with Gasteiger partial charge in [-0.1, -0.05) is 0 Å². The summed E-state index contributed by atoms with van der Waals surface area (Å²) in [6.45, 7) is 0.960. The molecule has 2 atom stereocenters. The zero-order valence-electron chi connectivity index (χ0n) is 13.8. The molecule has 0 aromatic rings. The van der Waals surface area contributed by atoms with Gasteiger partial charge in [-0.3, -0.25) is 9.59 Å². The summed E-state index contributed by atoms with van der Waals surface area (Å²) in [4.78, 5) is 45.6. The van der Waals surface area contributed by atoms with Crippen molar-refractivity contribution >= 4 is 35.6 Å². The van der Waals surface area contributed by atoms with Crippen LogP contribution in [-0.2, 0) is 23.9 Å².